The molecule has 2 aliphatic heterocycles. The summed E-state index contributed by atoms with van der Waals surface area (Å²) in [6.07, 6.45) is 8.51. The number of rotatable bonds is 8. The molecule has 0 aromatic carbocycles. The van der Waals surface area contributed by atoms with Crippen molar-refractivity contribution in [2.75, 3.05) is 58.9 Å². The Hall–Kier alpha value is -1.48. The molecule has 4 rings (SSSR count). The third-order valence-corrected chi connectivity index (χ3v) is 7.13. The van der Waals surface area contributed by atoms with E-state index in [1.165, 1.54) is 31.9 Å². The Morgan fingerprint density at radius 3 is 2.45 bits per heavy atom. The van der Waals surface area contributed by atoms with Crippen molar-refractivity contribution >= 4 is 5.91 Å². The molecular weight excluding hydrogens is 394 g/mol. The zero-order valence-corrected chi connectivity index (χ0v) is 19.0. The molecule has 0 bridgehead atoms. The predicted octanol–water partition coefficient (Wildman–Crippen LogP) is 1.65. The molecule has 1 aromatic heterocycles. The van der Waals surface area contributed by atoms with E-state index >= 15 is 0 Å². The van der Waals surface area contributed by atoms with E-state index in [1.807, 2.05) is 4.90 Å². The average Bonchev–Trinajstić information content (AvgIpc) is 3.47. The number of amides is 1. The molecule has 31 heavy (non-hydrogen) atoms. The zero-order valence-electron chi connectivity index (χ0n) is 19.0. The van der Waals surface area contributed by atoms with Gasteiger partial charge in [0, 0.05) is 64.9 Å². The summed E-state index contributed by atoms with van der Waals surface area (Å²) in [5, 5.41) is 10.0. The van der Waals surface area contributed by atoms with Gasteiger partial charge in [0.2, 0.25) is 5.89 Å². The van der Waals surface area contributed by atoms with E-state index in [0.717, 1.165) is 77.8 Å². The van der Waals surface area contributed by atoms with Crippen molar-refractivity contribution in [3.63, 3.8) is 0 Å². The molecule has 1 atom stereocenters. The van der Waals surface area contributed by atoms with Crippen LogP contribution in [0.2, 0.25) is 0 Å². The smallest absolute Gasteiger partial charge is 0.275 e. The number of aliphatic hydroxyl groups is 1. The number of aromatic nitrogens is 1. The van der Waals surface area contributed by atoms with Crippen molar-refractivity contribution in [1.29, 1.82) is 0 Å². The number of aliphatic hydroxyl groups excluding tert-OH is 1. The highest BCUT2D eigenvalue weighted by atomic mass is 16.3. The van der Waals surface area contributed by atoms with Gasteiger partial charge in [-0.25, -0.2) is 4.98 Å². The van der Waals surface area contributed by atoms with Crippen molar-refractivity contribution in [2.24, 2.45) is 0 Å². The lowest BCUT2D eigenvalue weighted by atomic mass is 10.2. The molecule has 1 unspecified atom stereocenters. The summed E-state index contributed by atoms with van der Waals surface area (Å²) in [6, 6.07) is 0.728. The van der Waals surface area contributed by atoms with Crippen molar-refractivity contribution in [3.8, 4) is 0 Å². The summed E-state index contributed by atoms with van der Waals surface area (Å²) in [4.78, 5) is 26.5. The van der Waals surface area contributed by atoms with Crippen LogP contribution in [-0.2, 0) is 6.54 Å². The molecule has 1 amide bonds. The van der Waals surface area contributed by atoms with Gasteiger partial charge in [-0.15, -0.1) is 0 Å². The summed E-state index contributed by atoms with van der Waals surface area (Å²) in [7, 11) is 0. The van der Waals surface area contributed by atoms with Gasteiger partial charge in [0.15, 0.2) is 5.69 Å². The number of oxazole rings is 1. The van der Waals surface area contributed by atoms with E-state index in [1.54, 1.807) is 0 Å². The molecule has 1 saturated carbocycles. The van der Waals surface area contributed by atoms with Crippen LogP contribution < -0.4 is 0 Å². The van der Waals surface area contributed by atoms with Crippen LogP contribution in [0.3, 0.4) is 0 Å². The fourth-order valence-corrected chi connectivity index (χ4v) is 5.25. The van der Waals surface area contributed by atoms with E-state index < -0.39 is 0 Å². The third kappa shape index (κ3) is 6.06. The molecule has 3 fully saturated rings. The molecule has 8 nitrogen and oxygen atoms in total. The minimum absolute atomic E-state index is 0.00389. The highest BCUT2D eigenvalue weighted by molar-refractivity contribution is 5.92. The second kappa shape index (κ2) is 10.9. The summed E-state index contributed by atoms with van der Waals surface area (Å²) in [5.41, 5.74) is 0.436. The van der Waals surface area contributed by atoms with Crippen LogP contribution in [0.15, 0.2) is 10.7 Å². The van der Waals surface area contributed by atoms with Crippen LogP contribution in [-0.4, -0.2) is 107 Å². The number of piperazine rings is 2. The van der Waals surface area contributed by atoms with Gasteiger partial charge >= 0.3 is 0 Å². The lowest BCUT2D eigenvalue weighted by Gasteiger charge is -2.37. The molecule has 0 spiro atoms. The van der Waals surface area contributed by atoms with Gasteiger partial charge in [-0.05, 0) is 19.3 Å². The standard InChI is InChI=1S/C23H39N5O3/c1-2-5-20(29)16-25-8-10-26(11-9-25)17-22-24-21(18-31-22)23(30)28-14-12-27(13-15-28)19-6-3-4-7-19/h18-20,29H,2-17H2,1H3. The molecule has 8 heteroatoms. The maximum absolute atomic E-state index is 12.9. The first-order valence-corrected chi connectivity index (χ1v) is 12.2. The van der Waals surface area contributed by atoms with Gasteiger partial charge in [-0.2, -0.15) is 0 Å². The third-order valence-electron chi connectivity index (χ3n) is 7.13. The highest BCUT2D eigenvalue weighted by Gasteiger charge is 2.29. The van der Waals surface area contributed by atoms with Crippen molar-refractivity contribution < 1.29 is 14.3 Å². The lowest BCUT2D eigenvalue weighted by Crippen LogP contribution is -2.51. The topological polar surface area (TPSA) is 76.3 Å². The Morgan fingerprint density at radius 1 is 1.10 bits per heavy atom. The largest absolute Gasteiger partial charge is 0.447 e. The highest BCUT2D eigenvalue weighted by Crippen LogP contribution is 2.24. The van der Waals surface area contributed by atoms with E-state index in [2.05, 4.69) is 26.6 Å². The summed E-state index contributed by atoms with van der Waals surface area (Å²) in [6.45, 7) is 10.7. The Kier molecular flexibility index (Phi) is 7.98. The van der Waals surface area contributed by atoms with Gasteiger partial charge in [0.1, 0.15) is 6.26 Å². The quantitative estimate of drug-likeness (QED) is 0.668. The molecule has 2 saturated heterocycles. The average molecular weight is 434 g/mol. The van der Waals surface area contributed by atoms with Crippen LogP contribution in [0.25, 0.3) is 0 Å². The summed E-state index contributed by atoms with van der Waals surface area (Å²) >= 11 is 0. The predicted molar refractivity (Wildman–Crippen MR) is 119 cm³/mol. The molecule has 3 aliphatic rings. The second-order valence-corrected chi connectivity index (χ2v) is 9.41. The number of hydrogen-bond donors (Lipinski definition) is 1. The number of nitrogens with zero attached hydrogens (tertiary/aromatic N) is 5. The van der Waals surface area contributed by atoms with Gasteiger partial charge in [-0.1, -0.05) is 26.2 Å². The molecule has 1 aromatic rings. The number of carbonyl (C=O) groups is 1. The van der Waals surface area contributed by atoms with Crippen LogP contribution in [0.5, 0.6) is 0 Å². The van der Waals surface area contributed by atoms with Crippen molar-refractivity contribution in [3.05, 3.63) is 17.8 Å². The van der Waals surface area contributed by atoms with Crippen LogP contribution in [0, 0.1) is 0 Å². The van der Waals surface area contributed by atoms with Crippen molar-refractivity contribution in [1.82, 2.24) is 24.6 Å². The van der Waals surface area contributed by atoms with Gasteiger partial charge < -0.3 is 14.4 Å². The Balaban J connectivity index is 1.20. The first kappa shape index (κ1) is 22.7. The molecule has 1 aliphatic carbocycles. The first-order valence-electron chi connectivity index (χ1n) is 12.2. The van der Waals surface area contributed by atoms with E-state index in [0.29, 0.717) is 18.1 Å². The van der Waals surface area contributed by atoms with Gasteiger partial charge in [0.05, 0.1) is 12.6 Å². The summed E-state index contributed by atoms with van der Waals surface area (Å²) in [5.74, 6) is 0.614. The van der Waals surface area contributed by atoms with E-state index in [9.17, 15) is 9.90 Å². The van der Waals surface area contributed by atoms with Gasteiger partial charge in [-0.3, -0.25) is 19.5 Å². The number of carbonyl (C=O) groups excluding carboxylic acids is 1. The summed E-state index contributed by atoms with van der Waals surface area (Å²) < 4.78 is 5.64. The van der Waals surface area contributed by atoms with E-state index in [-0.39, 0.29) is 12.0 Å². The first-order chi connectivity index (χ1) is 15.1. The maximum atomic E-state index is 12.9. The lowest BCUT2D eigenvalue weighted by molar-refractivity contribution is 0.0567. The SMILES string of the molecule is CCCC(O)CN1CCN(Cc2nc(C(=O)N3CCN(C4CCCC4)CC3)co2)CC1. The molecule has 1 N–H and O–H groups in total. The van der Waals surface area contributed by atoms with Gasteiger partial charge in [0.25, 0.3) is 5.91 Å². The fraction of sp³-hybridized carbons (Fsp3) is 0.826. The fourth-order valence-electron chi connectivity index (χ4n) is 5.25. The molecule has 174 valence electrons. The monoisotopic (exact) mass is 433 g/mol. The Bertz CT molecular complexity index is 689. The van der Waals surface area contributed by atoms with Crippen LogP contribution >= 0.6 is 0 Å². The Morgan fingerprint density at radius 2 is 1.77 bits per heavy atom. The second-order valence-electron chi connectivity index (χ2n) is 9.41. The zero-order chi connectivity index (χ0) is 21.6. The minimum Gasteiger partial charge on any atom is -0.447 e. The molecule has 0 radical (unpaired) electrons. The number of β-amino-alcohol motifs (C(OH)–C–C–N with tert-alkyl or cyclic N) is 1. The normalized spacial score (nSPS) is 23.5. The minimum atomic E-state index is -0.225. The van der Waals surface area contributed by atoms with Crippen LogP contribution in [0.1, 0.15) is 61.8 Å². The Labute approximate surface area is 186 Å². The molecule has 3 heterocycles. The van der Waals surface area contributed by atoms with Crippen molar-refractivity contribution in [2.45, 2.75) is 64.1 Å². The van der Waals surface area contributed by atoms with Crippen LogP contribution in [0.4, 0.5) is 0 Å². The maximum Gasteiger partial charge on any atom is 0.275 e. The number of hydrogen-bond acceptors (Lipinski definition) is 7. The van der Waals surface area contributed by atoms with E-state index in [4.69, 9.17) is 4.42 Å². The molecular formula is C23H39N5O3.